The maximum Gasteiger partial charge on any atom is 0.335 e. The summed E-state index contributed by atoms with van der Waals surface area (Å²) in [4.78, 5) is 23.3. The van der Waals surface area contributed by atoms with Gasteiger partial charge in [-0.3, -0.25) is 4.79 Å². The minimum absolute atomic E-state index is 0.0638. The minimum atomic E-state index is -1.08. The quantitative estimate of drug-likeness (QED) is 0.884. The third kappa shape index (κ3) is 3.50. The lowest BCUT2D eigenvalue weighted by Crippen LogP contribution is -2.14. The first-order valence-electron chi connectivity index (χ1n) is 6.10. The van der Waals surface area contributed by atoms with Crippen molar-refractivity contribution in [2.75, 3.05) is 12.4 Å². The zero-order valence-electron chi connectivity index (χ0n) is 11.4. The van der Waals surface area contributed by atoms with E-state index in [4.69, 9.17) is 33.0 Å². The molecule has 0 spiro atoms. The van der Waals surface area contributed by atoms with Crippen LogP contribution in [0.25, 0.3) is 0 Å². The Morgan fingerprint density at radius 1 is 1.18 bits per heavy atom. The molecule has 2 N–H and O–H groups in total. The first-order chi connectivity index (χ1) is 10.4. The van der Waals surface area contributed by atoms with E-state index in [0.717, 1.165) is 0 Å². The van der Waals surface area contributed by atoms with Gasteiger partial charge >= 0.3 is 5.97 Å². The number of methoxy groups -OCH3 is 1. The normalized spacial score (nSPS) is 10.1. The van der Waals surface area contributed by atoms with Crippen LogP contribution in [0.15, 0.2) is 36.4 Å². The van der Waals surface area contributed by atoms with Gasteiger partial charge < -0.3 is 15.2 Å². The van der Waals surface area contributed by atoms with Crippen molar-refractivity contribution in [1.82, 2.24) is 0 Å². The van der Waals surface area contributed by atoms with Crippen molar-refractivity contribution in [3.05, 3.63) is 57.6 Å². The van der Waals surface area contributed by atoms with Gasteiger partial charge in [-0.05, 0) is 30.3 Å². The Hall–Kier alpha value is -2.24. The molecule has 0 aliphatic rings. The third-order valence-electron chi connectivity index (χ3n) is 2.82. The molecule has 2 rings (SSSR count). The summed E-state index contributed by atoms with van der Waals surface area (Å²) in [6.07, 6.45) is 0. The fourth-order valence-corrected chi connectivity index (χ4v) is 2.44. The van der Waals surface area contributed by atoms with E-state index in [2.05, 4.69) is 5.32 Å². The summed E-state index contributed by atoms with van der Waals surface area (Å²) in [7, 11) is 1.39. The number of benzene rings is 2. The number of hydrogen-bond donors (Lipinski definition) is 2. The first kappa shape index (κ1) is 16.1. The summed E-state index contributed by atoms with van der Waals surface area (Å²) in [6.45, 7) is 0. The van der Waals surface area contributed by atoms with E-state index >= 15 is 0 Å². The highest BCUT2D eigenvalue weighted by atomic mass is 35.5. The Labute approximate surface area is 136 Å². The number of aromatic carboxylic acids is 1. The van der Waals surface area contributed by atoms with Gasteiger partial charge in [-0.25, -0.2) is 4.79 Å². The zero-order valence-corrected chi connectivity index (χ0v) is 12.9. The molecular weight excluding hydrogens is 329 g/mol. The van der Waals surface area contributed by atoms with Crippen molar-refractivity contribution in [2.24, 2.45) is 0 Å². The average molecular weight is 340 g/mol. The first-order valence-corrected chi connectivity index (χ1v) is 6.85. The number of anilines is 1. The number of carbonyl (C=O) groups excluding carboxylic acids is 1. The number of carboxylic acid groups (broad SMARTS) is 1. The van der Waals surface area contributed by atoms with Crippen molar-refractivity contribution >= 4 is 40.8 Å². The van der Waals surface area contributed by atoms with Crippen LogP contribution in [0.3, 0.4) is 0 Å². The summed E-state index contributed by atoms with van der Waals surface area (Å²) in [5, 5.41) is 12.0. The minimum Gasteiger partial charge on any atom is -0.494 e. The molecule has 0 aliphatic heterocycles. The van der Waals surface area contributed by atoms with Crippen LogP contribution in [0.4, 0.5) is 5.69 Å². The van der Waals surface area contributed by atoms with Crippen molar-refractivity contribution in [2.45, 2.75) is 0 Å². The van der Waals surface area contributed by atoms with Gasteiger partial charge in [-0.15, -0.1) is 0 Å². The van der Waals surface area contributed by atoms with Crippen LogP contribution in [-0.4, -0.2) is 24.1 Å². The van der Waals surface area contributed by atoms with Crippen LogP contribution in [-0.2, 0) is 0 Å². The standard InChI is InChI=1S/C15H11Cl2NO4/c1-22-13-11(6-9(16)7-12(13)17)14(19)18-10-4-2-3-8(5-10)15(20)21/h2-7H,1H3,(H,18,19)(H,20,21). The lowest BCUT2D eigenvalue weighted by atomic mass is 10.1. The second-order valence-electron chi connectivity index (χ2n) is 4.31. The monoisotopic (exact) mass is 339 g/mol. The number of ether oxygens (including phenoxy) is 1. The predicted molar refractivity (Wildman–Crippen MR) is 84.4 cm³/mol. The summed E-state index contributed by atoms with van der Waals surface area (Å²) >= 11 is 11.9. The molecule has 1 amide bonds. The molecule has 0 fully saturated rings. The SMILES string of the molecule is COc1c(Cl)cc(Cl)cc1C(=O)Nc1cccc(C(=O)O)c1. The number of rotatable bonds is 4. The highest BCUT2D eigenvalue weighted by Crippen LogP contribution is 2.32. The highest BCUT2D eigenvalue weighted by molar-refractivity contribution is 6.36. The molecule has 0 aromatic heterocycles. The number of carbonyl (C=O) groups is 2. The molecule has 0 unspecified atom stereocenters. The highest BCUT2D eigenvalue weighted by Gasteiger charge is 2.17. The van der Waals surface area contributed by atoms with Crippen LogP contribution in [0, 0.1) is 0 Å². The van der Waals surface area contributed by atoms with Crippen LogP contribution in [0.1, 0.15) is 20.7 Å². The molecule has 0 aliphatic carbocycles. The Balaban J connectivity index is 2.34. The van der Waals surface area contributed by atoms with Crippen molar-refractivity contribution < 1.29 is 19.4 Å². The number of nitrogens with one attached hydrogen (secondary N) is 1. The summed E-state index contributed by atoms with van der Waals surface area (Å²) in [6, 6.07) is 8.75. The van der Waals surface area contributed by atoms with Gasteiger partial charge in [0.1, 0.15) is 5.75 Å². The lowest BCUT2D eigenvalue weighted by molar-refractivity contribution is 0.0696. The molecule has 22 heavy (non-hydrogen) atoms. The predicted octanol–water partition coefficient (Wildman–Crippen LogP) is 3.95. The van der Waals surface area contributed by atoms with E-state index in [1.54, 1.807) is 6.07 Å². The van der Waals surface area contributed by atoms with E-state index in [-0.39, 0.29) is 26.9 Å². The fourth-order valence-electron chi connectivity index (χ4n) is 1.86. The maximum absolute atomic E-state index is 12.3. The fraction of sp³-hybridized carbons (Fsp3) is 0.0667. The van der Waals surface area contributed by atoms with Gasteiger partial charge in [-0.2, -0.15) is 0 Å². The van der Waals surface area contributed by atoms with Crippen molar-refractivity contribution in [3.63, 3.8) is 0 Å². The van der Waals surface area contributed by atoms with E-state index in [9.17, 15) is 9.59 Å². The Morgan fingerprint density at radius 3 is 2.55 bits per heavy atom. The van der Waals surface area contributed by atoms with Gasteiger partial charge in [0.15, 0.2) is 0 Å². The smallest absolute Gasteiger partial charge is 0.335 e. The van der Waals surface area contributed by atoms with Crippen molar-refractivity contribution in [3.8, 4) is 5.75 Å². The second-order valence-corrected chi connectivity index (χ2v) is 5.15. The number of halogens is 2. The Kier molecular flexibility index (Phi) is 4.90. The molecule has 2 aromatic carbocycles. The number of hydrogen-bond acceptors (Lipinski definition) is 3. The average Bonchev–Trinajstić information content (AvgIpc) is 2.46. The van der Waals surface area contributed by atoms with Crippen molar-refractivity contribution in [1.29, 1.82) is 0 Å². The van der Waals surface area contributed by atoms with Gasteiger partial charge in [0, 0.05) is 10.7 Å². The topological polar surface area (TPSA) is 75.6 Å². The molecule has 0 radical (unpaired) electrons. The Bertz CT molecular complexity index is 746. The number of carboxylic acids is 1. The van der Waals surface area contributed by atoms with Crippen LogP contribution in [0.2, 0.25) is 10.0 Å². The van der Waals surface area contributed by atoms with E-state index < -0.39 is 11.9 Å². The van der Waals surface area contributed by atoms with Crippen LogP contribution in [0.5, 0.6) is 5.75 Å². The zero-order chi connectivity index (χ0) is 16.3. The third-order valence-corrected chi connectivity index (χ3v) is 3.32. The van der Waals surface area contributed by atoms with Crippen LogP contribution >= 0.6 is 23.2 Å². The van der Waals surface area contributed by atoms with E-state index in [1.807, 2.05) is 0 Å². The summed E-state index contributed by atoms with van der Waals surface area (Å²) < 4.78 is 5.11. The maximum atomic E-state index is 12.3. The van der Waals surface area contributed by atoms with Gasteiger partial charge in [0.05, 0.1) is 23.3 Å². The molecule has 5 nitrogen and oxygen atoms in total. The molecule has 0 atom stereocenters. The summed E-state index contributed by atoms with van der Waals surface area (Å²) in [5.41, 5.74) is 0.553. The Morgan fingerprint density at radius 2 is 1.91 bits per heavy atom. The molecule has 0 bridgehead atoms. The van der Waals surface area contributed by atoms with Gasteiger partial charge in [0.2, 0.25) is 0 Å². The molecule has 114 valence electrons. The molecule has 2 aromatic rings. The van der Waals surface area contributed by atoms with Gasteiger partial charge in [-0.1, -0.05) is 29.3 Å². The second kappa shape index (κ2) is 6.68. The van der Waals surface area contributed by atoms with E-state index in [1.165, 1.54) is 37.4 Å². The lowest BCUT2D eigenvalue weighted by Gasteiger charge is -2.11. The molecule has 7 heteroatoms. The van der Waals surface area contributed by atoms with E-state index in [0.29, 0.717) is 5.69 Å². The molecular formula is C15H11Cl2NO4. The number of amides is 1. The largest absolute Gasteiger partial charge is 0.494 e. The molecule has 0 heterocycles. The summed E-state index contributed by atoms with van der Waals surface area (Å²) in [5.74, 6) is -1.40. The van der Waals surface area contributed by atoms with Gasteiger partial charge in [0.25, 0.3) is 5.91 Å². The molecule has 0 saturated carbocycles. The van der Waals surface area contributed by atoms with Crippen LogP contribution < -0.4 is 10.1 Å². The molecule has 0 saturated heterocycles.